The topological polar surface area (TPSA) is 121 Å². The van der Waals surface area contributed by atoms with Crippen molar-refractivity contribution in [1.82, 2.24) is 19.2 Å². The maximum Gasteiger partial charge on any atom is 0.244 e. The number of aromatic nitrogens is 2. The van der Waals surface area contributed by atoms with Crippen LogP contribution in [-0.4, -0.2) is 69.4 Å². The van der Waals surface area contributed by atoms with E-state index < -0.39 is 20.0 Å². The second kappa shape index (κ2) is 6.85. The zero-order chi connectivity index (χ0) is 17.3. The molecule has 0 bridgehead atoms. The molecule has 1 atom stereocenters. The van der Waals surface area contributed by atoms with Gasteiger partial charge < -0.3 is 4.74 Å². The van der Waals surface area contributed by atoms with Gasteiger partial charge in [-0.1, -0.05) is 0 Å². The summed E-state index contributed by atoms with van der Waals surface area (Å²) in [6.07, 6.45) is 0. The third-order valence-corrected chi connectivity index (χ3v) is 7.35. The molecule has 0 radical (unpaired) electrons. The summed E-state index contributed by atoms with van der Waals surface area (Å²) in [6, 6.07) is -0.247. The van der Waals surface area contributed by atoms with E-state index in [1.54, 1.807) is 20.8 Å². The van der Waals surface area contributed by atoms with Crippen LogP contribution in [0.5, 0.6) is 0 Å². The molecule has 1 aliphatic heterocycles. The Morgan fingerprint density at radius 2 is 2.04 bits per heavy atom. The number of ether oxygens (including phenoxy) is 1. The Hall–Kier alpha value is -1.01. The van der Waals surface area contributed by atoms with Gasteiger partial charge in [0.25, 0.3) is 0 Å². The average Bonchev–Trinajstić information content (AvgIpc) is 2.78. The summed E-state index contributed by atoms with van der Waals surface area (Å²) in [6.45, 7) is 5.72. The van der Waals surface area contributed by atoms with E-state index in [9.17, 15) is 16.8 Å². The van der Waals surface area contributed by atoms with E-state index in [1.807, 2.05) is 0 Å². The van der Waals surface area contributed by atoms with Gasteiger partial charge in [0.1, 0.15) is 4.90 Å². The molecule has 23 heavy (non-hydrogen) atoms. The van der Waals surface area contributed by atoms with E-state index in [4.69, 9.17) is 4.74 Å². The lowest BCUT2D eigenvalue weighted by Crippen LogP contribution is -2.49. The fraction of sp³-hybridized carbons (Fsp3) is 0.750. The van der Waals surface area contributed by atoms with Crippen LogP contribution < -0.4 is 4.72 Å². The number of nitrogens with one attached hydrogen (secondary N) is 2. The Balaban J connectivity index is 2.01. The van der Waals surface area contributed by atoms with Crippen LogP contribution in [0.15, 0.2) is 4.90 Å². The van der Waals surface area contributed by atoms with E-state index in [2.05, 4.69) is 14.9 Å². The smallest absolute Gasteiger partial charge is 0.244 e. The predicted molar refractivity (Wildman–Crippen MR) is 84.0 cm³/mol. The second-order valence-electron chi connectivity index (χ2n) is 5.51. The van der Waals surface area contributed by atoms with E-state index >= 15 is 0 Å². The molecule has 0 spiro atoms. The number of nitrogens with zero attached hydrogens (tertiary/aromatic N) is 2. The Labute approximate surface area is 136 Å². The molecule has 2 rings (SSSR count). The summed E-state index contributed by atoms with van der Waals surface area (Å²) < 4.78 is 58.1. The van der Waals surface area contributed by atoms with Crippen LogP contribution in [0.1, 0.15) is 18.3 Å². The Morgan fingerprint density at radius 1 is 1.35 bits per heavy atom. The van der Waals surface area contributed by atoms with Crippen molar-refractivity contribution < 1.29 is 21.6 Å². The van der Waals surface area contributed by atoms with Gasteiger partial charge in [-0.2, -0.15) is 9.40 Å². The monoisotopic (exact) mass is 366 g/mol. The first-order valence-corrected chi connectivity index (χ1v) is 10.3. The highest BCUT2D eigenvalue weighted by molar-refractivity contribution is 7.90. The van der Waals surface area contributed by atoms with Gasteiger partial charge in [-0.3, -0.25) is 5.10 Å². The molecular formula is C12H22N4O5S2. The van der Waals surface area contributed by atoms with Crippen molar-refractivity contribution >= 4 is 20.0 Å². The summed E-state index contributed by atoms with van der Waals surface area (Å²) in [5, 5.41) is 6.44. The molecule has 9 nitrogen and oxygen atoms in total. The first-order chi connectivity index (χ1) is 10.6. The number of hydrogen-bond donors (Lipinski definition) is 2. The molecule has 0 amide bonds. The summed E-state index contributed by atoms with van der Waals surface area (Å²) in [7, 11) is -7.34. The predicted octanol–water partition coefficient (Wildman–Crippen LogP) is -0.645. The highest BCUT2D eigenvalue weighted by atomic mass is 32.2. The van der Waals surface area contributed by atoms with E-state index in [1.165, 1.54) is 4.31 Å². The van der Waals surface area contributed by atoms with Gasteiger partial charge >= 0.3 is 0 Å². The number of hydrogen-bond acceptors (Lipinski definition) is 6. The van der Waals surface area contributed by atoms with E-state index in [0.29, 0.717) is 24.6 Å². The number of morpholine rings is 1. The minimum absolute atomic E-state index is 0.0645. The van der Waals surface area contributed by atoms with Crippen molar-refractivity contribution in [3.63, 3.8) is 0 Å². The minimum atomic E-state index is -3.80. The highest BCUT2D eigenvalue weighted by Crippen LogP contribution is 2.16. The molecule has 2 N–H and O–H groups in total. The van der Waals surface area contributed by atoms with Gasteiger partial charge in [0.05, 0.1) is 30.4 Å². The summed E-state index contributed by atoms with van der Waals surface area (Å²) in [5.41, 5.74) is 0.763. The lowest BCUT2D eigenvalue weighted by Gasteiger charge is -2.32. The fourth-order valence-electron chi connectivity index (χ4n) is 2.56. The van der Waals surface area contributed by atoms with E-state index in [0.717, 1.165) is 0 Å². The van der Waals surface area contributed by atoms with Crippen molar-refractivity contribution in [1.29, 1.82) is 0 Å². The van der Waals surface area contributed by atoms with Crippen LogP contribution in [0.25, 0.3) is 0 Å². The van der Waals surface area contributed by atoms with Gasteiger partial charge in [-0.25, -0.2) is 21.6 Å². The summed E-state index contributed by atoms with van der Waals surface area (Å²) >= 11 is 0. The maximum atomic E-state index is 12.3. The van der Waals surface area contributed by atoms with Crippen molar-refractivity contribution in [2.45, 2.75) is 31.7 Å². The first kappa shape index (κ1) is 18.3. The van der Waals surface area contributed by atoms with Crippen molar-refractivity contribution in [2.75, 3.05) is 32.1 Å². The molecular weight excluding hydrogens is 344 g/mol. The molecule has 132 valence electrons. The lowest BCUT2D eigenvalue weighted by atomic mass is 10.3. The van der Waals surface area contributed by atoms with Crippen LogP contribution in [-0.2, 0) is 24.8 Å². The number of aryl methyl sites for hydroxylation is 2. The van der Waals surface area contributed by atoms with Crippen molar-refractivity contribution in [2.24, 2.45) is 0 Å². The molecule has 2 heterocycles. The molecule has 1 unspecified atom stereocenters. The number of rotatable bonds is 6. The van der Waals surface area contributed by atoms with Gasteiger partial charge in [0, 0.05) is 19.1 Å². The molecule has 1 saturated heterocycles. The average molecular weight is 366 g/mol. The van der Waals surface area contributed by atoms with Crippen LogP contribution >= 0.6 is 0 Å². The molecule has 1 aromatic heterocycles. The lowest BCUT2D eigenvalue weighted by molar-refractivity contribution is 0.0393. The molecule has 0 aromatic carbocycles. The van der Waals surface area contributed by atoms with Gasteiger partial charge in [0.2, 0.25) is 20.0 Å². The third-order valence-electron chi connectivity index (χ3n) is 3.65. The Kier molecular flexibility index (Phi) is 5.46. The highest BCUT2D eigenvalue weighted by Gasteiger charge is 2.30. The number of H-pyrrole nitrogens is 1. The number of aromatic amines is 1. The van der Waals surface area contributed by atoms with Gasteiger partial charge in [-0.15, -0.1) is 0 Å². The van der Waals surface area contributed by atoms with Crippen LogP contribution in [0.4, 0.5) is 0 Å². The van der Waals surface area contributed by atoms with Crippen LogP contribution in [0.3, 0.4) is 0 Å². The largest absolute Gasteiger partial charge is 0.378 e. The molecule has 0 saturated carbocycles. The third kappa shape index (κ3) is 4.10. The zero-order valence-electron chi connectivity index (χ0n) is 13.4. The molecule has 1 aliphatic rings. The quantitative estimate of drug-likeness (QED) is 0.690. The van der Waals surface area contributed by atoms with Gasteiger partial charge in [-0.05, 0) is 20.8 Å². The van der Waals surface area contributed by atoms with E-state index in [-0.39, 0.29) is 29.8 Å². The Morgan fingerprint density at radius 3 is 2.61 bits per heavy atom. The fourth-order valence-corrected chi connectivity index (χ4v) is 5.64. The SMILES string of the molecule is Cc1n[nH]c(C)c1S(=O)(=O)NCCS(=O)(=O)N1CCOCC1C. The molecule has 0 aliphatic carbocycles. The van der Waals surface area contributed by atoms with Crippen molar-refractivity contribution in [3.05, 3.63) is 11.4 Å². The summed E-state index contributed by atoms with van der Waals surface area (Å²) in [5.74, 6) is -0.299. The normalized spacial score (nSPS) is 20.7. The molecule has 1 aromatic rings. The standard InChI is InChI=1S/C12H22N4O5S2/c1-9-8-21-6-5-16(9)22(17,18)7-4-13-23(19,20)12-10(2)14-15-11(12)3/h9,13H,4-8H2,1-3H3,(H,14,15). The molecule has 1 fully saturated rings. The maximum absolute atomic E-state index is 12.3. The molecule has 11 heteroatoms. The van der Waals surface area contributed by atoms with Gasteiger partial charge in [0.15, 0.2) is 0 Å². The summed E-state index contributed by atoms with van der Waals surface area (Å²) in [4.78, 5) is 0.0645. The van der Waals surface area contributed by atoms with Crippen molar-refractivity contribution in [3.8, 4) is 0 Å². The second-order valence-corrected chi connectivity index (χ2v) is 9.26. The zero-order valence-corrected chi connectivity index (χ0v) is 15.0. The first-order valence-electron chi connectivity index (χ1n) is 7.23. The van der Waals surface area contributed by atoms with Crippen LogP contribution in [0, 0.1) is 13.8 Å². The Bertz CT molecular complexity index is 737. The van der Waals surface area contributed by atoms with Crippen LogP contribution in [0.2, 0.25) is 0 Å². The number of sulfonamides is 2. The minimum Gasteiger partial charge on any atom is -0.378 e.